The summed E-state index contributed by atoms with van der Waals surface area (Å²) in [6.07, 6.45) is 5.37. The Balaban J connectivity index is -0.000000347. The van der Waals surface area contributed by atoms with Crippen molar-refractivity contribution in [3.8, 4) is 0 Å². The molecule has 0 saturated carbocycles. The Hall–Kier alpha value is -0.146. The minimum absolute atomic E-state index is 0. The predicted octanol–water partition coefficient (Wildman–Crippen LogP) is 4.10. The van der Waals surface area contributed by atoms with Crippen LogP contribution in [0.3, 0.4) is 0 Å². The molecular weight excluding hydrogens is 339 g/mol. The molecule has 4 heteroatoms. The normalized spacial score (nSPS) is 11.2. The van der Waals surface area contributed by atoms with E-state index >= 15 is 0 Å². The van der Waals surface area contributed by atoms with Gasteiger partial charge in [0, 0.05) is 51.0 Å². The van der Waals surface area contributed by atoms with Gasteiger partial charge in [-0.2, -0.15) is 0 Å². The molecule has 1 radical (unpaired) electrons. The number of hydrogen-bond acceptors (Lipinski definition) is 2. The molecule has 0 unspecified atom stereocenters. The molecule has 0 saturated heterocycles. The molecule has 0 rings (SSSR count). The summed E-state index contributed by atoms with van der Waals surface area (Å²) in [6, 6.07) is 0. The van der Waals surface area contributed by atoms with Gasteiger partial charge in [-0.25, -0.2) is 19.1 Å². The van der Waals surface area contributed by atoms with Crippen LogP contribution in [0.15, 0.2) is 12.2 Å². The average Bonchev–Trinajstić information content (AvgIpc) is 2.26. The Morgan fingerprint density at radius 3 is 1.76 bits per heavy atom. The van der Waals surface area contributed by atoms with E-state index in [1.165, 1.54) is 0 Å². The van der Waals surface area contributed by atoms with Gasteiger partial charge in [0.1, 0.15) is 5.78 Å². The van der Waals surface area contributed by atoms with Crippen LogP contribution in [0.25, 0.3) is 0 Å². The van der Waals surface area contributed by atoms with Gasteiger partial charge in [0.2, 0.25) is 0 Å². The third kappa shape index (κ3) is 19.9. The Labute approximate surface area is 156 Å². The molecule has 121 valence electrons. The van der Waals surface area contributed by atoms with Crippen molar-refractivity contribution in [2.75, 3.05) is 0 Å². The molecular formula is C17H31NO2Y-2. The van der Waals surface area contributed by atoms with Crippen LogP contribution >= 0.6 is 0 Å². The fraction of sp³-hybridized carbons (Fsp3) is 0.647. The van der Waals surface area contributed by atoms with Crippen molar-refractivity contribution in [3.05, 3.63) is 26.1 Å². The van der Waals surface area contributed by atoms with Crippen LogP contribution < -0.4 is 5.32 Å². The Kier molecular flexibility index (Phi) is 15.2. The van der Waals surface area contributed by atoms with E-state index in [4.69, 9.17) is 0 Å². The van der Waals surface area contributed by atoms with Gasteiger partial charge in [-0.05, 0) is 6.42 Å². The van der Waals surface area contributed by atoms with Gasteiger partial charge in [-0.15, -0.1) is 0 Å². The summed E-state index contributed by atoms with van der Waals surface area (Å²) >= 11 is 0. The molecule has 0 aromatic rings. The van der Waals surface area contributed by atoms with Gasteiger partial charge in [0.05, 0.1) is 0 Å². The van der Waals surface area contributed by atoms with E-state index in [1.54, 1.807) is 0 Å². The Morgan fingerprint density at radius 2 is 1.52 bits per heavy atom. The summed E-state index contributed by atoms with van der Waals surface area (Å²) in [5, 5.41) is 2.28. The van der Waals surface area contributed by atoms with Crippen molar-refractivity contribution < 1.29 is 42.3 Å². The standard InChI is InChI=1S/C10H18NO2.C7H13.Y/c1-10(2,3)8(12)6-5-7-9(13)11-4;1-5-6-7(2,3)4;/h4-7H2,1-3H3,(H,11,13);5-6H,1H2,2-4H3;/q2*-1;/b;6-5+;. The van der Waals surface area contributed by atoms with Crippen LogP contribution in [-0.2, 0) is 42.3 Å². The number of rotatable bonds is 4. The van der Waals surface area contributed by atoms with Gasteiger partial charge in [-0.1, -0.05) is 47.0 Å². The zero-order chi connectivity index (χ0) is 16.4. The van der Waals surface area contributed by atoms with Gasteiger partial charge in [0.25, 0.3) is 0 Å². The van der Waals surface area contributed by atoms with Gasteiger partial charge < -0.3 is 5.32 Å². The van der Waals surface area contributed by atoms with Crippen molar-refractivity contribution in [2.24, 2.45) is 10.8 Å². The molecule has 0 heterocycles. The minimum atomic E-state index is -0.291. The van der Waals surface area contributed by atoms with E-state index in [1.807, 2.05) is 26.8 Å². The predicted molar refractivity (Wildman–Crippen MR) is 85.8 cm³/mol. The first kappa shape index (κ1) is 25.8. The summed E-state index contributed by atoms with van der Waals surface area (Å²) < 4.78 is 0. The van der Waals surface area contributed by atoms with Crippen molar-refractivity contribution in [2.45, 2.75) is 60.8 Å². The molecule has 0 aliphatic rings. The Morgan fingerprint density at radius 1 is 1.05 bits per heavy atom. The second-order valence-electron chi connectivity index (χ2n) is 6.90. The quantitative estimate of drug-likeness (QED) is 0.758. The summed E-state index contributed by atoms with van der Waals surface area (Å²) in [6.45, 7) is 15.7. The third-order valence-corrected chi connectivity index (χ3v) is 2.46. The van der Waals surface area contributed by atoms with Crippen LogP contribution in [-0.4, -0.2) is 11.7 Å². The molecule has 1 N–H and O–H groups in total. The molecule has 21 heavy (non-hydrogen) atoms. The first-order valence-corrected chi connectivity index (χ1v) is 7.00. The minimum Gasteiger partial charge on any atom is -0.508 e. The topological polar surface area (TPSA) is 46.2 Å². The van der Waals surface area contributed by atoms with E-state index < -0.39 is 0 Å². The number of carbonyl (C=O) groups is 2. The number of hydrogen-bond donors (Lipinski definition) is 1. The molecule has 0 bridgehead atoms. The Bertz CT molecular complexity index is 323. The largest absolute Gasteiger partial charge is 0.508 e. The number of allylic oxidation sites excluding steroid dienone is 2. The van der Waals surface area contributed by atoms with Crippen LogP contribution in [0, 0.1) is 24.8 Å². The number of carbonyl (C=O) groups excluding carboxylic acids is 2. The molecule has 0 atom stereocenters. The second-order valence-corrected chi connectivity index (χ2v) is 6.90. The molecule has 0 aliphatic carbocycles. The molecule has 3 nitrogen and oxygen atoms in total. The molecule has 0 aromatic heterocycles. The maximum absolute atomic E-state index is 11.4. The van der Waals surface area contributed by atoms with Crippen LogP contribution in [0.2, 0.25) is 0 Å². The zero-order valence-corrected chi connectivity index (χ0v) is 17.4. The first-order chi connectivity index (χ1) is 8.94. The number of nitrogens with one attached hydrogen (secondary N) is 1. The molecule has 0 aromatic carbocycles. The van der Waals surface area contributed by atoms with E-state index in [0.717, 1.165) is 0 Å². The zero-order valence-electron chi connectivity index (χ0n) is 14.6. The van der Waals surface area contributed by atoms with Crippen LogP contribution in [0.1, 0.15) is 60.8 Å². The van der Waals surface area contributed by atoms with E-state index in [-0.39, 0.29) is 49.8 Å². The molecule has 0 spiro atoms. The van der Waals surface area contributed by atoms with Gasteiger partial charge >= 0.3 is 0 Å². The SMILES string of the molecule is [CH2-]/C=C/C(C)(C)C.[CH2-]NC(=O)CCCC(=O)C(C)(C)C.[Y]. The van der Waals surface area contributed by atoms with Crippen LogP contribution in [0.4, 0.5) is 0 Å². The smallest absolute Gasteiger partial charge is 0.190 e. The maximum atomic E-state index is 11.4. The van der Waals surface area contributed by atoms with Crippen molar-refractivity contribution >= 4 is 11.7 Å². The fourth-order valence-corrected chi connectivity index (χ4v) is 1.23. The van der Waals surface area contributed by atoms with Crippen molar-refractivity contribution in [1.29, 1.82) is 0 Å². The van der Waals surface area contributed by atoms with E-state index in [2.05, 4.69) is 46.1 Å². The molecule has 0 aliphatic heterocycles. The summed E-state index contributed by atoms with van der Waals surface area (Å²) in [7, 11) is 3.25. The maximum Gasteiger partial charge on any atom is 0.190 e. The van der Waals surface area contributed by atoms with Crippen molar-refractivity contribution in [1.82, 2.24) is 5.32 Å². The summed E-state index contributed by atoms with van der Waals surface area (Å²) in [4.78, 5) is 22.1. The number of ketones is 1. The average molecular weight is 370 g/mol. The number of amides is 1. The van der Waals surface area contributed by atoms with Gasteiger partial charge in [0.15, 0.2) is 5.91 Å². The monoisotopic (exact) mass is 370 g/mol. The summed E-state index contributed by atoms with van der Waals surface area (Å²) in [5.41, 5.74) is 0.0166. The van der Waals surface area contributed by atoms with Crippen molar-refractivity contribution in [3.63, 3.8) is 0 Å². The third-order valence-electron chi connectivity index (χ3n) is 2.46. The summed E-state index contributed by atoms with van der Waals surface area (Å²) in [5.74, 6) is 0.0890. The van der Waals surface area contributed by atoms with Crippen LogP contribution in [0.5, 0.6) is 0 Å². The number of Topliss-reactive ketones (excluding diaryl/α,β-unsaturated/α-hetero) is 1. The molecule has 1 amide bonds. The molecule has 0 fully saturated rings. The first-order valence-electron chi connectivity index (χ1n) is 7.00. The fourth-order valence-electron chi connectivity index (χ4n) is 1.23. The van der Waals surface area contributed by atoms with E-state index in [0.29, 0.717) is 24.7 Å². The second kappa shape index (κ2) is 12.4. The van der Waals surface area contributed by atoms with E-state index in [9.17, 15) is 9.59 Å². The van der Waals surface area contributed by atoms with Gasteiger partial charge in [-0.3, -0.25) is 16.6 Å².